The number of carbonyl (C=O) groups excluding carboxylic acids is 4. The summed E-state index contributed by atoms with van der Waals surface area (Å²) in [6, 6.07) is 4.78. The Kier molecular flexibility index (Phi) is 6.10. The lowest BCUT2D eigenvalue weighted by Gasteiger charge is -2.29. The Bertz CT molecular complexity index is 943. The van der Waals surface area contributed by atoms with Crippen molar-refractivity contribution < 1.29 is 19.2 Å². The van der Waals surface area contributed by atoms with Crippen molar-refractivity contribution in [2.45, 2.75) is 64.8 Å². The molecule has 1 saturated carbocycles. The minimum absolute atomic E-state index is 0.136. The Labute approximate surface area is 189 Å². The summed E-state index contributed by atoms with van der Waals surface area (Å²) in [5, 5.41) is 0. The lowest BCUT2D eigenvalue weighted by molar-refractivity contribution is -0.136. The molecule has 0 atom stereocenters. The smallest absolute Gasteiger partial charge is 0.262 e. The maximum Gasteiger partial charge on any atom is 0.262 e. The van der Waals surface area contributed by atoms with Gasteiger partial charge in [-0.15, -0.1) is 0 Å². The molecule has 32 heavy (non-hydrogen) atoms. The number of carbonyl (C=O) groups is 4. The van der Waals surface area contributed by atoms with Gasteiger partial charge in [0.1, 0.15) is 0 Å². The van der Waals surface area contributed by atoms with Gasteiger partial charge in [-0.25, -0.2) is 0 Å². The van der Waals surface area contributed by atoms with Crippen LogP contribution in [0.3, 0.4) is 0 Å². The van der Waals surface area contributed by atoms with Crippen molar-refractivity contribution in [2.24, 2.45) is 5.92 Å². The third-order valence-corrected chi connectivity index (χ3v) is 6.85. The van der Waals surface area contributed by atoms with Crippen LogP contribution < -0.4 is 0 Å². The van der Waals surface area contributed by atoms with Gasteiger partial charge < -0.3 is 9.80 Å². The van der Waals surface area contributed by atoms with E-state index in [1.165, 1.54) is 11.3 Å². The normalized spacial score (nSPS) is 20.4. The van der Waals surface area contributed by atoms with Gasteiger partial charge >= 0.3 is 0 Å². The molecule has 0 radical (unpaired) electrons. The van der Waals surface area contributed by atoms with E-state index in [4.69, 9.17) is 0 Å². The van der Waals surface area contributed by atoms with Crippen molar-refractivity contribution >= 4 is 23.6 Å². The van der Waals surface area contributed by atoms with Crippen LogP contribution in [0.15, 0.2) is 18.2 Å². The fourth-order valence-electron chi connectivity index (χ4n) is 5.11. The Morgan fingerprint density at radius 2 is 1.44 bits per heavy atom. The molecule has 1 aromatic rings. The van der Waals surface area contributed by atoms with Crippen LogP contribution in [0.25, 0.3) is 0 Å². The highest BCUT2D eigenvalue weighted by Crippen LogP contribution is 2.30. The minimum atomic E-state index is -0.628. The second-order valence-corrected chi connectivity index (χ2v) is 10.2. The molecule has 3 aliphatic rings. The molecular formula is C25H33N3O4. The van der Waals surface area contributed by atoms with Crippen molar-refractivity contribution in [1.29, 1.82) is 0 Å². The molecule has 4 rings (SSSR count). The van der Waals surface area contributed by atoms with Gasteiger partial charge in [0.25, 0.3) is 17.7 Å². The number of benzene rings is 1. The second-order valence-electron chi connectivity index (χ2n) is 10.2. The van der Waals surface area contributed by atoms with E-state index in [0.29, 0.717) is 42.9 Å². The van der Waals surface area contributed by atoms with Gasteiger partial charge in [0.2, 0.25) is 5.91 Å². The number of fused-ring (bicyclic) bond motifs is 1. The van der Waals surface area contributed by atoms with Crippen molar-refractivity contribution in [3.63, 3.8) is 0 Å². The van der Waals surface area contributed by atoms with E-state index < -0.39 is 5.54 Å². The first-order valence-electron chi connectivity index (χ1n) is 11.8. The van der Waals surface area contributed by atoms with Gasteiger partial charge in [-0.05, 0) is 58.2 Å². The summed E-state index contributed by atoms with van der Waals surface area (Å²) in [4.78, 5) is 56.6. The number of nitrogens with zero attached hydrogens (tertiary/aromatic N) is 3. The predicted octanol–water partition coefficient (Wildman–Crippen LogP) is 3.34. The molecule has 2 fully saturated rings. The molecule has 0 N–H and O–H groups in total. The van der Waals surface area contributed by atoms with Crippen LogP contribution in [-0.4, -0.2) is 70.0 Å². The summed E-state index contributed by atoms with van der Waals surface area (Å²) >= 11 is 0. The maximum atomic E-state index is 13.2. The number of rotatable bonds is 2. The average Bonchev–Trinajstić information content (AvgIpc) is 2.92. The van der Waals surface area contributed by atoms with E-state index in [-0.39, 0.29) is 29.5 Å². The SMILES string of the molecule is CC(C)(C)N1C(=O)c2ccc(C(=O)N3CCCN(C(=O)C4CCCCC4)CC3)cc2C1=O. The van der Waals surface area contributed by atoms with Gasteiger partial charge in [-0.2, -0.15) is 0 Å². The van der Waals surface area contributed by atoms with Crippen LogP contribution >= 0.6 is 0 Å². The van der Waals surface area contributed by atoms with Crippen LogP contribution in [0.1, 0.15) is 90.4 Å². The van der Waals surface area contributed by atoms with Crippen molar-refractivity contribution in [3.8, 4) is 0 Å². The summed E-state index contributed by atoms with van der Waals surface area (Å²) in [6.45, 7) is 7.73. The highest BCUT2D eigenvalue weighted by Gasteiger charge is 2.42. The first-order valence-corrected chi connectivity index (χ1v) is 11.8. The summed E-state index contributed by atoms with van der Waals surface area (Å²) in [6.07, 6.45) is 6.16. The lowest BCUT2D eigenvalue weighted by Crippen LogP contribution is -2.45. The predicted molar refractivity (Wildman–Crippen MR) is 120 cm³/mol. The van der Waals surface area contributed by atoms with Gasteiger partial charge in [0.15, 0.2) is 0 Å². The molecule has 7 heteroatoms. The summed E-state index contributed by atoms with van der Waals surface area (Å²) in [5.41, 5.74) is 0.422. The number of imide groups is 1. The van der Waals surface area contributed by atoms with Gasteiger partial charge in [-0.3, -0.25) is 24.1 Å². The van der Waals surface area contributed by atoms with E-state index in [1.807, 2.05) is 25.7 Å². The molecule has 0 spiro atoms. The zero-order valence-electron chi connectivity index (χ0n) is 19.4. The number of hydrogen-bond acceptors (Lipinski definition) is 4. The standard InChI is InChI=1S/C25H33N3O4/c1-25(2,3)28-23(31)19-11-10-18(16-20(19)24(28)32)22(30)27-13-7-12-26(14-15-27)21(29)17-8-5-4-6-9-17/h10-11,16-17H,4-9,12-15H2,1-3H3. The largest absolute Gasteiger partial charge is 0.341 e. The molecule has 0 bridgehead atoms. The molecule has 1 aliphatic carbocycles. The summed E-state index contributed by atoms with van der Waals surface area (Å²) in [7, 11) is 0. The molecule has 1 aromatic carbocycles. The van der Waals surface area contributed by atoms with Crippen molar-refractivity contribution in [3.05, 3.63) is 34.9 Å². The topological polar surface area (TPSA) is 78.0 Å². The van der Waals surface area contributed by atoms with E-state index in [2.05, 4.69) is 0 Å². The number of hydrogen-bond donors (Lipinski definition) is 0. The Balaban J connectivity index is 1.45. The van der Waals surface area contributed by atoms with Crippen LogP contribution in [0, 0.1) is 5.92 Å². The monoisotopic (exact) mass is 439 g/mol. The van der Waals surface area contributed by atoms with Crippen LogP contribution in [0.4, 0.5) is 0 Å². The first-order chi connectivity index (χ1) is 15.2. The average molecular weight is 440 g/mol. The molecule has 0 unspecified atom stereocenters. The molecule has 0 aromatic heterocycles. The highest BCUT2D eigenvalue weighted by molar-refractivity contribution is 6.22. The van der Waals surface area contributed by atoms with Crippen LogP contribution in [0.5, 0.6) is 0 Å². The molecule has 4 amide bonds. The molecule has 2 heterocycles. The number of amides is 4. The summed E-state index contributed by atoms with van der Waals surface area (Å²) < 4.78 is 0. The highest BCUT2D eigenvalue weighted by atomic mass is 16.2. The molecule has 7 nitrogen and oxygen atoms in total. The Morgan fingerprint density at radius 1 is 0.812 bits per heavy atom. The third kappa shape index (κ3) is 4.17. The van der Waals surface area contributed by atoms with Gasteiger partial charge in [-0.1, -0.05) is 19.3 Å². The third-order valence-electron chi connectivity index (χ3n) is 6.85. The van der Waals surface area contributed by atoms with Gasteiger partial charge in [0.05, 0.1) is 11.1 Å². The van der Waals surface area contributed by atoms with E-state index in [1.54, 1.807) is 23.1 Å². The zero-order valence-corrected chi connectivity index (χ0v) is 19.4. The van der Waals surface area contributed by atoms with E-state index in [0.717, 1.165) is 32.1 Å². The van der Waals surface area contributed by atoms with E-state index >= 15 is 0 Å². The minimum Gasteiger partial charge on any atom is -0.341 e. The molecule has 2 aliphatic heterocycles. The fourth-order valence-corrected chi connectivity index (χ4v) is 5.11. The Hall–Kier alpha value is -2.70. The lowest BCUT2D eigenvalue weighted by atomic mass is 9.88. The van der Waals surface area contributed by atoms with Crippen LogP contribution in [-0.2, 0) is 4.79 Å². The zero-order chi connectivity index (χ0) is 23.0. The van der Waals surface area contributed by atoms with Crippen LogP contribution in [0.2, 0.25) is 0 Å². The van der Waals surface area contributed by atoms with Crippen molar-refractivity contribution in [1.82, 2.24) is 14.7 Å². The first kappa shape index (κ1) is 22.5. The van der Waals surface area contributed by atoms with Gasteiger partial charge in [0, 0.05) is 43.2 Å². The van der Waals surface area contributed by atoms with E-state index in [9.17, 15) is 19.2 Å². The van der Waals surface area contributed by atoms with Crippen molar-refractivity contribution in [2.75, 3.05) is 26.2 Å². The second kappa shape index (κ2) is 8.68. The Morgan fingerprint density at radius 3 is 2.12 bits per heavy atom. The molecule has 1 saturated heterocycles. The quantitative estimate of drug-likeness (QED) is 0.662. The molecular weight excluding hydrogens is 406 g/mol. The summed E-state index contributed by atoms with van der Waals surface area (Å²) in [5.74, 6) is -0.454. The fraction of sp³-hybridized carbons (Fsp3) is 0.600. The molecule has 172 valence electrons. The maximum absolute atomic E-state index is 13.2.